The van der Waals surface area contributed by atoms with Gasteiger partial charge in [-0.15, -0.1) is 10.2 Å². The van der Waals surface area contributed by atoms with Crippen molar-refractivity contribution in [2.75, 3.05) is 18.8 Å². The Hall–Kier alpha value is -4.15. The number of aryl methyl sites for hydroxylation is 1. The minimum Gasteiger partial charge on any atom is -0.343 e. The van der Waals surface area contributed by atoms with Crippen molar-refractivity contribution in [1.29, 1.82) is 0 Å². The van der Waals surface area contributed by atoms with Gasteiger partial charge in [0.2, 0.25) is 11.1 Å². The quantitative estimate of drug-likeness (QED) is 0.156. The molecule has 0 aliphatic carbocycles. The van der Waals surface area contributed by atoms with Crippen LogP contribution in [0.2, 0.25) is 5.02 Å². The van der Waals surface area contributed by atoms with Gasteiger partial charge in [-0.25, -0.2) is 9.78 Å². The van der Waals surface area contributed by atoms with Crippen molar-refractivity contribution in [3.63, 3.8) is 0 Å². The van der Waals surface area contributed by atoms with Crippen LogP contribution < -0.4 is 5.69 Å². The summed E-state index contributed by atoms with van der Waals surface area (Å²) in [5, 5.41) is 11.3. The van der Waals surface area contributed by atoms with E-state index in [0.29, 0.717) is 42.0 Å². The predicted molar refractivity (Wildman–Crippen MR) is 175 cm³/mol. The zero-order valence-corrected chi connectivity index (χ0v) is 25.9. The van der Waals surface area contributed by atoms with E-state index in [9.17, 15) is 9.59 Å². The van der Waals surface area contributed by atoms with Crippen molar-refractivity contribution in [2.24, 2.45) is 0 Å². The van der Waals surface area contributed by atoms with E-state index in [1.54, 1.807) is 0 Å². The molecule has 6 aromatic rings. The molecule has 0 saturated carbocycles. The van der Waals surface area contributed by atoms with Gasteiger partial charge in [0.25, 0.3) is 0 Å². The summed E-state index contributed by atoms with van der Waals surface area (Å²) in [5.41, 5.74) is 6.56. The van der Waals surface area contributed by atoms with Crippen molar-refractivity contribution in [1.82, 2.24) is 34.2 Å². The first-order valence-electron chi connectivity index (χ1n) is 14.9. The lowest BCUT2D eigenvalue weighted by Crippen LogP contribution is -2.40. The topological polar surface area (TPSA) is 102 Å². The number of likely N-dealkylation sites (tertiary alicyclic amines) is 1. The van der Waals surface area contributed by atoms with Crippen LogP contribution in [0, 0.1) is 6.92 Å². The molecule has 0 bridgehead atoms. The third-order valence-electron chi connectivity index (χ3n) is 8.40. The molecule has 0 unspecified atom stereocenters. The van der Waals surface area contributed by atoms with Crippen LogP contribution in [-0.4, -0.2) is 58.9 Å². The molecule has 9 nitrogen and oxygen atoms in total. The zero-order chi connectivity index (χ0) is 30.2. The summed E-state index contributed by atoms with van der Waals surface area (Å²) >= 11 is 7.80. The molecule has 1 N–H and O–H groups in total. The number of halogens is 1. The van der Waals surface area contributed by atoms with Crippen LogP contribution in [0.1, 0.15) is 42.9 Å². The van der Waals surface area contributed by atoms with Gasteiger partial charge in [0.05, 0.1) is 16.6 Å². The molecule has 0 atom stereocenters. The lowest BCUT2D eigenvalue weighted by atomic mass is 10.0. The van der Waals surface area contributed by atoms with Crippen molar-refractivity contribution in [2.45, 2.75) is 50.4 Å². The van der Waals surface area contributed by atoms with E-state index in [-0.39, 0.29) is 17.6 Å². The maximum Gasteiger partial charge on any atom is 0.326 e. The van der Waals surface area contributed by atoms with Crippen LogP contribution in [0.25, 0.3) is 33.1 Å². The molecule has 1 saturated heterocycles. The highest BCUT2D eigenvalue weighted by Gasteiger charge is 2.26. The molecule has 7 rings (SSSR count). The Bertz CT molecular complexity index is 2060. The van der Waals surface area contributed by atoms with Crippen LogP contribution in [0.15, 0.2) is 76.7 Å². The largest absolute Gasteiger partial charge is 0.343 e. The van der Waals surface area contributed by atoms with Gasteiger partial charge in [-0.3, -0.25) is 9.36 Å². The number of hydrogen-bond donors (Lipinski definition) is 1. The van der Waals surface area contributed by atoms with E-state index in [1.807, 2.05) is 51.9 Å². The fourth-order valence-electron chi connectivity index (χ4n) is 6.25. The summed E-state index contributed by atoms with van der Waals surface area (Å²) in [4.78, 5) is 35.4. The number of imidazole rings is 1. The molecular formula is C33H32ClN7O2S. The Morgan fingerprint density at radius 2 is 1.86 bits per heavy atom. The van der Waals surface area contributed by atoms with Crippen molar-refractivity contribution < 1.29 is 4.79 Å². The summed E-state index contributed by atoms with van der Waals surface area (Å²) in [5.74, 6) is 0.871. The van der Waals surface area contributed by atoms with Crippen LogP contribution in [-0.2, 0) is 11.3 Å². The van der Waals surface area contributed by atoms with E-state index in [4.69, 9.17) is 16.6 Å². The lowest BCUT2D eigenvalue weighted by molar-refractivity contribution is -0.132. The van der Waals surface area contributed by atoms with Crippen LogP contribution in [0.3, 0.4) is 0 Å². The normalized spacial score (nSPS) is 14.3. The molecule has 3 aromatic carbocycles. The fourth-order valence-corrected chi connectivity index (χ4v) is 7.18. The Labute approximate surface area is 263 Å². The molecule has 224 valence electrons. The van der Waals surface area contributed by atoms with E-state index >= 15 is 0 Å². The molecule has 4 heterocycles. The van der Waals surface area contributed by atoms with Gasteiger partial charge in [-0.2, -0.15) is 0 Å². The highest BCUT2D eigenvalue weighted by molar-refractivity contribution is 7.99. The Balaban J connectivity index is 0.985. The van der Waals surface area contributed by atoms with Gasteiger partial charge in [-0.1, -0.05) is 59.3 Å². The number of H-pyrrole nitrogens is 1. The van der Waals surface area contributed by atoms with Gasteiger partial charge >= 0.3 is 5.69 Å². The number of nitrogens with one attached hydrogen (secondary N) is 1. The summed E-state index contributed by atoms with van der Waals surface area (Å²) in [6.45, 7) is 4.00. The number of aromatic nitrogens is 6. The highest BCUT2D eigenvalue weighted by Crippen LogP contribution is 2.30. The number of rotatable bonds is 8. The Kier molecular flexibility index (Phi) is 7.86. The maximum absolute atomic E-state index is 13.0. The first-order chi connectivity index (χ1) is 21.4. The first-order valence-corrected chi connectivity index (χ1v) is 16.3. The van der Waals surface area contributed by atoms with Crippen LogP contribution in [0.4, 0.5) is 0 Å². The summed E-state index contributed by atoms with van der Waals surface area (Å²) in [6.07, 6.45) is 2.72. The molecule has 11 heteroatoms. The fraction of sp³-hybridized carbons (Fsp3) is 0.303. The standard InChI is InChI=1S/C33H32ClN7O2S/c1-21-11-12-27-25(18-21)30-31(40(27)20-22-6-4-7-23(34)19-22)36-32(38-37-30)44-17-5-10-29(42)39-15-13-24(14-16-39)41-28-9-3-2-8-26(28)35-33(41)43/h2-4,6-9,11-12,18-19,24H,5,10,13-17,20H2,1H3,(H,35,43). The number of piperidine rings is 1. The molecule has 0 radical (unpaired) electrons. The summed E-state index contributed by atoms with van der Waals surface area (Å²) in [7, 11) is 0. The van der Waals surface area contributed by atoms with Gasteiger partial charge in [0.1, 0.15) is 5.52 Å². The van der Waals surface area contributed by atoms with E-state index < -0.39 is 0 Å². The average molecular weight is 626 g/mol. The lowest BCUT2D eigenvalue weighted by Gasteiger charge is -2.32. The minimum atomic E-state index is -0.0807. The van der Waals surface area contributed by atoms with Crippen molar-refractivity contribution in [3.05, 3.63) is 93.4 Å². The molecule has 1 aliphatic rings. The number of thioether (sulfide) groups is 1. The van der Waals surface area contributed by atoms with Gasteiger partial charge in [0, 0.05) is 48.3 Å². The second-order valence-corrected chi connectivity index (χ2v) is 12.9. The number of amides is 1. The molecule has 1 aliphatic heterocycles. The molecule has 0 spiro atoms. The zero-order valence-electron chi connectivity index (χ0n) is 24.4. The smallest absolute Gasteiger partial charge is 0.326 e. The minimum absolute atomic E-state index is 0.0807. The number of carbonyl (C=O) groups excluding carboxylic acids is 1. The highest BCUT2D eigenvalue weighted by atomic mass is 35.5. The Morgan fingerprint density at radius 3 is 2.70 bits per heavy atom. The molecule has 1 fully saturated rings. The van der Waals surface area contributed by atoms with E-state index in [1.165, 1.54) is 11.8 Å². The monoisotopic (exact) mass is 625 g/mol. The second kappa shape index (κ2) is 12.1. The first kappa shape index (κ1) is 28.6. The third-order valence-corrected chi connectivity index (χ3v) is 9.56. The number of aromatic amines is 1. The SMILES string of the molecule is Cc1ccc2c(c1)c1nnc(SCCCC(=O)N3CCC(n4c(=O)[nH]c5ccccc54)CC3)nc1n2Cc1cccc(Cl)c1. The number of para-hydroxylation sites is 2. The van der Waals surface area contributed by atoms with Crippen LogP contribution in [0.5, 0.6) is 0 Å². The van der Waals surface area contributed by atoms with Gasteiger partial charge < -0.3 is 14.5 Å². The van der Waals surface area contributed by atoms with Crippen LogP contribution >= 0.6 is 23.4 Å². The third kappa shape index (κ3) is 5.59. The summed E-state index contributed by atoms with van der Waals surface area (Å²) < 4.78 is 4.03. The number of fused-ring (bicyclic) bond motifs is 4. The predicted octanol–water partition coefficient (Wildman–Crippen LogP) is 6.37. The van der Waals surface area contributed by atoms with E-state index in [0.717, 1.165) is 63.5 Å². The van der Waals surface area contributed by atoms with Gasteiger partial charge in [-0.05, 0) is 68.1 Å². The van der Waals surface area contributed by atoms with Crippen molar-refractivity contribution in [3.8, 4) is 0 Å². The average Bonchev–Trinajstić information content (AvgIpc) is 3.52. The maximum atomic E-state index is 13.0. The second-order valence-electron chi connectivity index (χ2n) is 11.4. The summed E-state index contributed by atoms with van der Waals surface area (Å²) in [6, 6.07) is 22.1. The van der Waals surface area contributed by atoms with E-state index in [2.05, 4.69) is 50.9 Å². The number of carbonyl (C=O) groups is 1. The molecular weight excluding hydrogens is 594 g/mol. The number of nitrogens with zero attached hydrogens (tertiary/aromatic N) is 6. The Morgan fingerprint density at radius 1 is 1.02 bits per heavy atom. The number of hydrogen-bond acceptors (Lipinski definition) is 6. The number of benzene rings is 3. The van der Waals surface area contributed by atoms with Crippen molar-refractivity contribution >= 4 is 62.4 Å². The molecule has 3 aromatic heterocycles. The molecule has 44 heavy (non-hydrogen) atoms. The molecule has 1 amide bonds. The van der Waals surface area contributed by atoms with Gasteiger partial charge in [0.15, 0.2) is 5.65 Å².